The SMILES string of the molecule is CCOc1ccc(/C(O)=C2/C(=O)C(=O)N(c3ccc(F)c(F)c3)C2c2ccc(O)c(Cl)c2)cc1C(C)C. The molecule has 37 heavy (non-hydrogen) atoms. The van der Waals surface area contributed by atoms with Crippen LogP contribution in [-0.2, 0) is 9.59 Å². The number of ketones is 1. The number of phenols is 1. The van der Waals surface area contributed by atoms with Gasteiger partial charge in [0.15, 0.2) is 11.6 Å². The van der Waals surface area contributed by atoms with E-state index in [1.165, 1.54) is 18.2 Å². The fraction of sp³-hybridized carbons (Fsp3) is 0.214. The van der Waals surface area contributed by atoms with Crippen molar-refractivity contribution in [1.82, 2.24) is 0 Å². The normalized spacial score (nSPS) is 17.1. The molecule has 1 saturated heterocycles. The fourth-order valence-electron chi connectivity index (χ4n) is 4.33. The molecular formula is C28H24ClF2NO5. The van der Waals surface area contributed by atoms with Crippen molar-refractivity contribution in [3.05, 3.63) is 93.5 Å². The first kappa shape index (κ1) is 26.2. The molecule has 3 aromatic rings. The minimum atomic E-state index is -1.24. The van der Waals surface area contributed by atoms with Crippen molar-refractivity contribution >= 4 is 34.7 Å². The molecule has 9 heteroatoms. The lowest BCUT2D eigenvalue weighted by atomic mass is 9.93. The van der Waals surface area contributed by atoms with Crippen LogP contribution < -0.4 is 9.64 Å². The van der Waals surface area contributed by atoms with Crippen LogP contribution in [0.15, 0.2) is 60.2 Å². The summed E-state index contributed by atoms with van der Waals surface area (Å²) in [7, 11) is 0. The Hall–Kier alpha value is -3.91. The summed E-state index contributed by atoms with van der Waals surface area (Å²) in [6.45, 7) is 6.18. The molecule has 0 aromatic heterocycles. The van der Waals surface area contributed by atoms with Gasteiger partial charge in [0, 0.05) is 17.3 Å². The number of amides is 1. The number of nitrogens with zero attached hydrogens (tertiary/aromatic N) is 1. The average molecular weight is 528 g/mol. The Kier molecular flexibility index (Phi) is 7.23. The Bertz CT molecular complexity index is 1440. The van der Waals surface area contributed by atoms with Crippen molar-refractivity contribution in [3.8, 4) is 11.5 Å². The average Bonchev–Trinajstić information content (AvgIpc) is 3.12. The molecule has 3 aromatic carbocycles. The number of benzene rings is 3. The van der Waals surface area contributed by atoms with Crippen LogP contribution in [0.25, 0.3) is 5.76 Å². The van der Waals surface area contributed by atoms with Crippen LogP contribution in [0.4, 0.5) is 14.5 Å². The Morgan fingerprint density at radius 1 is 1.05 bits per heavy atom. The van der Waals surface area contributed by atoms with Gasteiger partial charge in [0.2, 0.25) is 0 Å². The van der Waals surface area contributed by atoms with Crippen LogP contribution in [-0.4, -0.2) is 28.5 Å². The van der Waals surface area contributed by atoms with Gasteiger partial charge >= 0.3 is 0 Å². The van der Waals surface area contributed by atoms with Crippen molar-refractivity contribution in [1.29, 1.82) is 0 Å². The molecule has 2 N–H and O–H groups in total. The van der Waals surface area contributed by atoms with E-state index in [9.17, 15) is 28.6 Å². The predicted molar refractivity (Wildman–Crippen MR) is 136 cm³/mol. The summed E-state index contributed by atoms with van der Waals surface area (Å²) in [6.07, 6.45) is 0. The summed E-state index contributed by atoms with van der Waals surface area (Å²) in [5.41, 5.74) is 0.956. The van der Waals surface area contributed by atoms with Crippen LogP contribution >= 0.6 is 11.6 Å². The number of halogens is 3. The van der Waals surface area contributed by atoms with Crippen LogP contribution in [0.5, 0.6) is 11.5 Å². The zero-order chi connectivity index (χ0) is 27.0. The summed E-state index contributed by atoms with van der Waals surface area (Å²) in [6, 6.07) is 10.5. The first-order valence-electron chi connectivity index (χ1n) is 11.6. The predicted octanol–water partition coefficient (Wildman–Crippen LogP) is 6.47. The molecule has 0 bridgehead atoms. The lowest BCUT2D eigenvalue weighted by molar-refractivity contribution is -0.132. The summed E-state index contributed by atoms with van der Waals surface area (Å²) < 4.78 is 33.4. The number of phenolic OH excluding ortho intramolecular Hbond substituents is 1. The third-order valence-corrected chi connectivity index (χ3v) is 6.42. The molecule has 1 aliphatic rings. The highest BCUT2D eigenvalue weighted by atomic mass is 35.5. The minimum absolute atomic E-state index is 0.0191. The van der Waals surface area contributed by atoms with Crippen LogP contribution in [0, 0.1) is 11.6 Å². The number of carbonyl (C=O) groups excluding carboxylic acids is 2. The van der Waals surface area contributed by atoms with Crippen molar-refractivity contribution in [2.75, 3.05) is 11.5 Å². The number of anilines is 1. The Morgan fingerprint density at radius 2 is 1.78 bits per heavy atom. The molecule has 1 heterocycles. The first-order valence-corrected chi connectivity index (χ1v) is 11.9. The van der Waals surface area contributed by atoms with Crippen LogP contribution in [0.3, 0.4) is 0 Å². The summed E-state index contributed by atoms with van der Waals surface area (Å²) >= 11 is 6.11. The smallest absolute Gasteiger partial charge is 0.300 e. The molecule has 0 spiro atoms. The van der Waals surface area contributed by atoms with Gasteiger partial charge in [-0.05, 0) is 66.4 Å². The maximum atomic E-state index is 14.1. The van der Waals surface area contributed by atoms with Gasteiger partial charge in [0.05, 0.1) is 23.2 Å². The van der Waals surface area contributed by atoms with Gasteiger partial charge in [-0.3, -0.25) is 14.5 Å². The highest BCUT2D eigenvalue weighted by molar-refractivity contribution is 6.51. The Morgan fingerprint density at radius 3 is 2.41 bits per heavy atom. The molecule has 1 fully saturated rings. The number of hydrogen-bond acceptors (Lipinski definition) is 5. The third kappa shape index (κ3) is 4.76. The lowest BCUT2D eigenvalue weighted by Crippen LogP contribution is -2.29. The van der Waals surface area contributed by atoms with Gasteiger partial charge in [-0.15, -0.1) is 0 Å². The second-order valence-electron chi connectivity index (χ2n) is 8.82. The molecule has 1 atom stereocenters. The molecule has 0 saturated carbocycles. The lowest BCUT2D eigenvalue weighted by Gasteiger charge is -2.26. The summed E-state index contributed by atoms with van der Waals surface area (Å²) in [5.74, 6) is -4.45. The Labute approximate surface area is 217 Å². The quantitative estimate of drug-likeness (QED) is 0.218. The van der Waals surface area contributed by atoms with Crippen molar-refractivity contribution < 1.29 is 33.3 Å². The van der Waals surface area contributed by atoms with E-state index in [2.05, 4.69) is 0 Å². The van der Waals surface area contributed by atoms with E-state index >= 15 is 0 Å². The van der Waals surface area contributed by atoms with Gasteiger partial charge in [-0.2, -0.15) is 0 Å². The van der Waals surface area contributed by atoms with Gasteiger partial charge < -0.3 is 14.9 Å². The molecule has 0 aliphatic carbocycles. The number of hydrogen-bond donors (Lipinski definition) is 2. The number of carbonyl (C=O) groups is 2. The third-order valence-electron chi connectivity index (χ3n) is 6.12. The topological polar surface area (TPSA) is 87.1 Å². The standard InChI is InChI=1S/C28H24ClF2NO5/c1-4-37-23-10-6-16(11-18(23)14(2)3)26(34)24-25(15-5-9-22(33)19(29)12-15)32(28(36)27(24)35)17-7-8-20(30)21(31)13-17/h5-14,25,33-34H,4H2,1-3H3/b26-24-. The second kappa shape index (κ2) is 10.2. The minimum Gasteiger partial charge on any atom is -0.507 e. The van der Waals surface area contributed by atoms with Gasteiger partial charge in [-0.1, -0.05) is 31.5 Å². The maximum absolute atomic E-state index is 14.1. The largest absolute Gasteiger partial charge is 0.507 e. The van der Waals surface area contributed by atoms with Crippen LogP contribution in [0.1, 0.15) is 49.4 Å². The van der Waals surface area contributed by atoms with Crippen molar-refractivity contribution in [3.63, 3.8) is 0 Å². The number of Topliss-reactive ketones (excluding diaryl/α,β-unsaturated/α-hetero) is 1. The maximum Gasteiger partial charge on any atom is 0.300 e. The van der Waals surface area contributed by atoms with Crippen molar-refractivity contribution in [2.45, 2.75) is 32.7 Å². The number of aliphatic hydroxyl groups excluding tert-OH is 1. The van der Waals surface area contributed by atoms with E-state index < -0.39 is 35.1 Å². The molecule has 192 valence electrons. The number of aliphatic hydroxyl groups is 1. The van der Waals surface area contributed by atoms with Crippen molar-refractivity contribution in [2.24, 2.45) is 0 Å². The molecule has 1 unspecified atom stereocenters. The molecule has 1 amide bonds. The first-order chi connectivity index (χ1) is 17.5. The molecule has 4 rings (SSSR count). The van der Waals surface area contributed by atoms with E-state index in [-0.39, 0.29) is 39.1 Å². The second-order valence-corrected chi connectivity index (χ2v) is 9.23. The molecular weight excluding hydrogens is 504 g/mol. The molecule has 1 aliphatic heterocycles. The van der Waals surface area contributed by atoms with E-state index in [0.717, 1.165) is 28.7 Å². The van der Waals surface area contributed by atoms with Gasteiger partial charge in [0.25, 0.3) is 11.7 Å². The Balaban J connectivity index is 1.96. The van der Waals surface area contributed by atoms with Gasteiger partial charge in [0.1, 0.15) is 17.3 Å². The monoisotopic (exact) mass is 527 g/mol. The zero-order valence-corrected chi connectivity index (χ0v) is 21.0. The summed E-state index contributed by atoms with van der Waals surface area (Å²) in [5, 5.41) is 21.2. The fourth-order valence-corrected chi connectivity index (χ4v) is 4.52. The van der Waals surface area contributed by atoms with E-state index in [4.69, 9.17) is 16.3 Å². The molecule has 6 nitrogen and oxygen atoms in total. The van der Waals surface area contributed by atoms with E-state index in [1.54, 1.807) is 18.2 Å². The number of rotatable bonds is 6. The van der Waals surface area contributed by atoms with Crippen LogP contribution in [0.2, 0.25) is 5.02 Å². The highest BCUT2D eigenvalue weighted by Crippen LogP contribution is 2.44. The van der Waals surface area contributed by atoms with E-state index in [0.29, 0.717) is 12.4 Å². The summed E-state index contributed by atoms with van der Waals surface area (Å²) in [4.78, 5) is 27.5. The number of ether oxygens (including phenoxy) is 1. The van der Waals surface area contributed by atoms with E-state index in [1.807, 2.05) is 20.8 Å². The zero-order valence-electron chi connectivity index (χ0n) is 20.3. The molecule has 0 radical (unpaired) electrons. The van der Waals surface area contributed by atoms with Gasteiger partial charge in [-0.25, -0.2) is 8.78 Å². The number of aromatic hydroxyl groups is 1. The highest BCUT2D eigenvalue weighted by Gasteiger charge is 2.47.